The van der Waals surface area contributed by atoms with Gasteiger partial charge >= 0.3 is 0 Å². The number of carbonyl (C=O) groups excluding carboxylic acids is 3. The maximum atomic E-state index is 12.5. The Morgan fingerprint density at radius 3 is 2.45 bits per heavy atom. The van der Waals surface area contributed by atoms with Gasteiger partial charge in [0.2, 0.25) is 11.8 Å². The Labute approximate surface area is 192 Å². The molecule has 0 heterocycles. The molecule has 10 heteroatoms. The monoisotopic (exact) mass is 471 g/mol. The number of nitrogens with one attached hydrogen (secondary N) is 1. The first-order chi connectivity index (χ1) is 15.7. The largest absolute Gasteiger partial charge is 0.366 e. The first-order valence-corrected chi connectivity index (χ1v) is 11.5. The summed E-state index contributed by atoms with van der Waals surface area (Å²) in [5.74, 6) is 1.42. The van der Waals surface area contributed by atoms with Crippen molar-refractivity contribution < 1.29 is 28.0 Å². The van der Waals surface area contributed by atoms with Gasteiger partial charge in [-0.2, -0.15) is 0 Å². The molecule has 2 aromatic carbocycles. The van der Waals surface area contributed by atoms with Crippen LogP contribution in [0.1, 0.15) is 40.7 Å². The average Bonchev–Trinajstić information content (AvgIpc) is 2.82. The van der Waals surface area contributed by atoms with Crippen LogP contribution >= 0.6 is 0 Å². The highest BCUT2D eigenvalue weighted by molar-refractivity contribution is 7.89. The highest BCUT2D eigenvalue weighted by Gasteiger charge is 2.30. The molecule has 0 unspecified atom stereocenters. The molecule has 2 aromatic rings. The SMILES string of the molecule is C#Cc1ccc(S(=O)(=O)N(O)[C@@H](C=O)CCC(=O)NCCCc2ccccc2C(N)=O)cc1. The smallest absolute Gasteiger partial charge is 0.265 e. The van der Waals surface area contributed by atoms with E-state index in [1.807, 2.05) is 0 Å². The van der Waals surface area contributed by atoms with Gasteiger partial charge < -0.3 is 15.8 Å². The lowest BCUT2D eigenvalue weighted by Gasteiger charge is -2.21. The van der Waals surface area contributed by atoms with Gasteiger partial charge in [-0.25, -0.2) is 8.42 Å². The van der Waals surface area contributed by atoms with Crippen molar-refractivity contribution in [3.8, 4) is 12.3 Å². The number of hydrogen-bond acceptors (Lipinski definition) is 6. The third-order valence-corrected chi connectivity index (χ3v) is 6.53. The maximum absolute atomic E-state index is 12.5. The van der Waals surface area contributed by atoms with E-state index in [0.717, 1.165) is 5.56 Å². The number of nitrogens with zero attached hydrogens (tertiary/aromatic N) is 1. The van der Waals surface area contributed by atoms with E-state index in [9.17, 15) is 28.0 Å². The molecule has 0 radical (unpaired) electrons. The summed E-state index contributed by atoms with van der Waals surface area (Å²) in [7, 11) is -4.37. The number of hydrogen-bond donors (Lipinski definition) is 3. The molecule has 0 aliphatic heterocycles. The molecule has 174 valence electrons. The summed E-state index contributed by atoms with van der Waals surface area (Å²) in [6.45, 7) is 0.306. The van der Waals surface area contributed by atoms with Crippen LogP contribution in [0.4, 0.5) is 0 Å². The number of aryl methyl sites for hydroxylation is 1. The normalized spacial score (nSPS) is 12.0. The van der Waals surface area contributed by atoms with Gasteiger partial charge in [0.25, 0.3) is 10.0 Å². The van der Waals surface area contributed by atoms with Crippen LogP contribution in [0.3, 0.4) is 0 Å². The van der Waals surface area contributed by atoms with Crippen molar-refractivity contribution in [3.63, 3.8) is 0 Å². The summed E-state index contributed by atoms with van der Waals surface area (Å²) in [5, 5.41) is 12.8. The molecule has 0 spiro atoms. The number of primary amides is 1. The quantitative estimate of drug-likeness (QED) is 0.184. The van der Waals surface area contributed by atoms with Crippen LogP contribution in [0.25, 0.3) is 0 Å². The summed E-state index contributed by atoms with van der Waals surface area (Å²) in [5.41, 5.74) is 7.00. The van der Waals surface area contributed by atoms with Crippen LogP contribution in [-0.4, -0.2) is 48.8 Å². The molecule has 0 aliphatic rings. The van der Waals surface area contributed by atoms with Crippen LogP contribution < -0.4 is 11.1 Å². The fourth-order valence-electron chi connectivity index (χ4n) is 3.09. The van der Waals surface area contributed by atoms with Gasteiger partial charge in [-0.15, -0.1) is 6.42 Å². The minimum absolute atomic E-state index is 0.0427. The molecule has 1 atom stereocenters. The molecule has 0 aromatic heterocycles. The van der Waals surface area contributed by atoms with E-state index in [1.54, 1.807) is 24.3 Å². The second kappa shape index (κ2) is 11.9. The highest BCUT2D eigenvalue weighted by Crippen LogP contribution is 2.18. The van der Waals surface area contributed by atoms with Gasteiger partial charge in [0.1, 0.15) is 12.3 Å². The zero-order valence-electron chi connectivity index (χ0n) is 17.8. The van der Waals surface area contributed by atoms with E-state index >= 15 is 0 Å². The average molecular weight is 472 g/mol. The molecule has 33 heavy (non-hydrogen) atoms. The summed E-state index contributed by atoms with van der Waals surface area (Å²) in [6.07, 6.45) is 6.18. The number of aldehydes is 1. The summed E-state index contributed by atoms with van der Waals surface area (Å²) < 4.78 is 25.0. The Kier molecular flexibility index (Phi) is 9.30. The zero-order chi connectivity index (χ0) is 24.4. The molecule has 2 rings (SSSR count). The summed E-state index contributed by atoms with van der Waals surface area (Å²) >= 11 is 0. The van der Waals surface area contributed by atoms with Crippen LogP contribution in [0.15, 0.2) is 53.4 Å². The van der Waals surface area contributed by atoms with E-state index in [0.29, 0.717) is 30.5 Å². The van der Waals surface area contributed by atoms with Gasteiger partial charge in [-0.3, -0.25) is 14.8 Å². The molecule has 0 fully saturated rings. The number of terminal acetylenes is 1. The van der Waals surface area contributed by atoms with Crippen molar-refractivity contribution in [2.45, 2.75) is 36.6 Å². The molecule has 0 bridgehead atoms. The zero-order valence-corrected chi connectivity index (χ0v) is 18.6. The van der Waals surface area contributed by atoms with E-state index < -0.39 is 27.9 Å². The predicted octanol–water partition coefficient (Wildman–Crippen LogP) is 1.24. The van der Waals surface area contributed by atoms with E-state index in [2.05, 4.69) is 11.2 Å². The summed E-state index contributed by atoms with van der Waals surface area (Å²) in [6, 6.07) is 10.7. The maximum Gasteiger partial charge on any atom is 0.265 e. The van der Waals surface area contributed by atoms with Gasteiger partial charge in [-0.1, -0.05) is 28.6 Å². The Morgan fingerprint density at radius 1 is 1.18 bits per heavy atom. The Balaban J connectivity index is 1.85. The number of carbonyl (C=O) groups is 3. The van der Waals surface area contributed by atoms with E-state index in [4.69, 9.17) is 12.2 Å². The molecule has 0 saturated carbocycles. The van der Waals surface area contributed by atoms with E-state index in [1.165, 1.54) is 24.3 Å². The van der Waals surface area contributed by atoms with Gasteiger partial charge in [0.05, 0.1) is 4.90 Å². The number of nitrogens with two attached hydrogens (primary N) is 1. The third kappa shape index (κ3) is 6.98. The van der Waals surface area contributed by atoms with Gasteiger partial charge in [-0.05, 0) is 55.2 Å². The van der Waals surface area contributed by atoms with Crippen molar-refractivity contribution in [3.05, 3.63) is 65.2 Å². The Bertz CT molecular complexity index is 1140. The summed E-state index contributed by atoms with van der Waals surface area (Å²) in [4.78, 5) is 34.7. The third-order valence-electron chi connectivity index (χ3n) is 4.90. The number of rotatable bonds is 12. The molecule has 2 amide bonds. The van der Waals surface area contributed by atoms with Crippen LogP contribution in [-0.2, 0) is 26.0 Å². The number of sulfonamides is 1. The molecular weight excluding hydrogens is 446 g/mol. The van der Waals surface area contributed by atoms with Crippen molar-refractivity contribution >= 4 is 28.1 Å². The standard InChI is InChI=1S/C23H25N3O6S/c1-2-17-9-12-20(13-10-17)33(31,32)26(30)19(16-27)11-14-22(28)25-15-5-7-18-6-3-4-8-21(18)23(24)29/h1,3-4,6,8-10,12-13,16,19,30H,5,7,11,14-15H2,(H2,24,29)(H,25,28)/t19-/m1/s1. The first kappa shape index (κ1) is 25.7. The Hall–Kier alpha value is -3.52. The molecule has 9 nitrogen and oxygen atoms in total. The van der Waals surface area contributed by atoms with Crippen molar-refractivity contribution in [1.82, 2.24) is 9.79 Å². The van der Waals surface area contributed by atoms with Crippen molar-refractivity contribution in [1.29, 1.82) is 0 Å². The molecular formula is C23H25N3O6S. The molecule has 0 aliphatic carbocycles. The highest BCUT2D eigenvalue weighted by atomic mass is 32.2. The molecule has 0 saturated heterocycles. The molecule has 4 N–H and O–H groups in total. The van der Waals surface area contributed by atoms with Crippen LogP contribution in [0.5, 0.6) is 0 Å². The Morgan fingerprint density at radius 2 is 1.85 bits per heavy atom. The van der Waals surface area contributed by atoms with Crippen molar-refractivity contribution in [2.24, 2.45) is 5.73 Å². The van der Waals surface area contributed by atoms with Gasteiger partial charge in [0, 0.05) is 24.1 Å². The van der Waals surface area contributed by atoms with Gasteiger partial charge in [0.15, 0.2) is 0 Å². The van der Waals surface area contributed by atoms with Crippen LogP contribution in [0, 0.1) is 12.3 Å². The number of hydroxylamine groups is 1. The lowest BCUT2D eigenvalue weighted by molar-refractivity contribution is -0.124. The fourth-order valence-corrected chi connectivity index (χ4v) is 4.30. The van der Waals surface area contributed by atoms with Crippen molar-refractivity contribution in [2.75, 3.05) is 6.54 Å². The first-order valence-electron chi connectivity index (χ1n) is 10.1. The second-order valence-corrected chi connectivity index (χ2v) is 8.96. The minimum Gasteiger partial charge on any atom is -0.366 e. The number of amides is 2. The topological polar surface area (TPSA) is 147 Å². The second-order valence-electron chi connectivity index (χ2n) is 7.16. The predicted molar refractivity (Wildman–Crippen MR) is 121 cm³/mol. The lowest BCUT2D eigenvalue weighted by atomic mass is 10.0. The van der Waals surface area contributed by atoms with E-state index in [-0.39, 0.29) is 28.5 Å². The van der Waals surface area contributed by atoms with Crippen LogP contribution in [0.2, 0.25) is 0 Å². The fraction of sp³-hybridized carbons (Fsp3) is 0.261. The minimum atomic E-state index is -4.37. The number of benzene rings is 2. The lowest BCUT2D eigenvalue weighted by Crippen LogP contribution is -2.39.